The molecule has 1 saturated heterocycles. The summed E-state index contributed by atoms with van der Waals surface area (Å²) >= 11 is 0. The fourth-order valence-electron chi connectivity index (χ4n) is 3.30. The van der Waals surface area contributed by atoms with Crippen molar-refractivity contribution in [3.05, 3.63) is 34.8 Å². The number of carbonyl (C=O) groups is 1. The van der Waals surface area contributed by atoms with Gasteiger partial charge in [-0.15, -0.1) is 0 Å². The van der Waals surface area contributed by atoms with Crippen LogP contribution in [0.4, 0.5) is 0 Å². The van der Waals surface area contributed by atoms with Crippen LogP contribution in [0.3, 0.4) is 0 Å². The van der Waals surface area contributed by atoms with Crippen LogP contribution in [0.15, 0.2) is 10.5 Å². The molecule has 3 heterocycles. The molecule has 0 aromatic carbocycles. The molecule has 7 heteroatoms. The normalized spacial score (nSPS) is 19.2. The molecule has 2 aromatic heterocycles. The molecule has 25 heavy (non-hydrogen) atoms. The number of nitrogens with zero attached hydrogens (tertiary/aromatic N) is 3. The summed E-state index contributed by atoms with van der Waals surface area (Å²) in [7, 11) is 0. The number of ether oxygens (including phenoxy) is 1. The van der Waals surface area contributed by atoms with Crippen molar-refractivity contribution in [2.45, 2.75) is 52.6 Å². The molecule has 0 aliphatic carbocycles. The van der Waals surface area contributed by atoms with Crippen molar-refractivity contribution in [2.24, 2.45) is 0 Å². The van der Waals surface area contributed by atoms with Gasteiger partial charge in [0.2, 0.25) is 5.91 Å². The van der Waals surface area contributed by atoms with Crippen LogP contribution in [-0.2, 0) is 16.0 Å². The Kier molecular flexibility index (Phi) is 5.22. The molecule has 0 radical (unpaired) electrons. The topological polar surface area (TPSA) is 84.2 Å². The summed E-state index contributed by atoms with van der Waals surface area (Å²) in [5.74, 6) is 2.98. The molecule has 0 bridgehead atoms. The van der Waals surface area contributed by atoms with Gasteiger partial charge in [0.25, 0.3) is 0 Å². The first kappa shape index (κ1) is 17.7. The number of amides is 1. The average molecular weight is 346 g/mol. The highest BCUT2D eigenvalue weighted by Crippen LogP contribution is 2.27. The first-order valence-corrected chi connectivity index (χ1v) is 8.88. The molecule has 1 aliphatic rings. The predicted octanol–water partition coefficient (Wildman–Crippen LogP) is 2.67. The van der Waals surface area contributed by atoms with E-state index in [0.717, 1.165) is 35.7 Å². The molecule has 7 nitrogen and oxygen atoms in total. The standard InChI is InChI=1S/C18H26N4O3/c1-5-6-16-19-17(21-20-16)15-10-22(7-8-24-15)18(23)12(3)14-9-11(2)25-13(14)4/h9,12,15H,5-8,10H2,1-4H3,(H,19,20,21). The molecule has 1 aliphatic heterocycles. The molecular formula is C18H26N4O3. The Morgan fingerprint density at radius 3 is 2.96 bits per heavy atom. The van der Waals surface area contributed by atoms with Gasteiger partial charge in [0, 0.05) is 18.5 Å². The van der Waals surface area contributed by atoms with E-state index in [1.54, 1.807) is 0 Å². The van der Waals surface area contributed by atoms with E-state index in [1.165, 1.54) is 0 Å². The lowest BCUT2D eigenvalue weighted by Gasteiger charge is -2.33. The van der Waals surface area contributed by atoms with Crippen molar-refractivity contribution >= 4 is 5.91 Å². The third kappa shape index (κ3) is 3.76. The number of nitrogens with one attached hydrogen (secondary N) is 1. The quantitative estimate of drug-likeness (QED) is 0.900. The van der Waals surface area contributed by atoms with Crippen LogP contribution in [0.2, 0.25) is 0 Å². The zero-order valence-corrected chi connectivity index (χ0v) is 15.3. The predicted molar refractivity (Wildman–Crippen MR) is 92.2 cm³/mol. The summed E-state index contributed by atoms with van der Waals surface area (Å²) in [5.41, 5.74) is 0.952. The zero-order chi connectivity index (χ0) is 18.0. The number of hydrogen-bond donors (Lipinski definition) is 1. The number of rotatable bonds is 5. The van der Waals surface area contributed by atoms with Crippen molar-refractivity contribution < 1.29 is 13.9 Å². The van der Waals surface area contributed by atoms with Gasteiger partial charge in [0.15, 0.2) is 5.82 Å². The van der Waals surface area contributed by atoms with Gasteiger partial charge in [-0.25, -0.2) is 4.98 Å². The average Bonchev–Trinajstić information content (AvgIpc) is 3.20. The molecule has 2 atom stereocenters. The van der Waals surface area contributed by atoms with Crippen LogP contribution in [-0.4, -0.2) is 45.7 Å². The fraction of sp³-hybridized carbons (Fsp3) is 0.611. The largest absolute Gasteiger partial charge is 0.466 e. The molecule has 0 spiro atoms. The second-order valence-electron chi connectivity index (χ2n) is 6.62. The van der Waals surface area contributed by atoms with Crippen molar-refractivity contribution in [2.75, 3.05) is 19.7 Å². The zero-order valence-electron chi connectivity index (χ0n) is 15.3. The lowest BCUT2D eigenvalue weighted by molar-refractivity contribution is -0.140. The third-order valence-corrected chi connectivity index (χ3v) is 4.62. The summed E-state index contributed by atoms with van der Waals surface area (Å²) in [5, 5.41) is 7.21. The van der Waals surface area contributed by atoms with E-state index in [9.17, 15) is 4.79 Å². The minimum atomic E-state index is -0.279. The lowest BCUT2D eigenvalue weighted by Crippen LogP contribution is -2.44. The second kappa shape index (κ2) is 7.39. The summed E-state index contributed by atoms with van der Waals surface area (Å²) < 4.78 is 11.4. The van der Waals surface area contributed by atoms with Crippen LogP contribution in [0.25, 0.3) is 0 Å². The van der Waals surface area contributed by atoms with Crippen molar-refractivity contribution in [3.63, 3.8) is 0 Å². The number of aromatic nitrogens is 3. The van der Waals surface area contributed by atoms with Gasteiger partial charge in [0.1, 0.15) is 23.4 Å². The summed E-state index contributed by atoms with van der Waals surface area (Å²) in [6, 6.07) is 1.95. The van der Waals surface area contributed by atoms with Gasteiger partial charge >= 0.3 is 0 Å². The summed E-state index contributed by atoms with van der Waals surface area (Å²) in [6.07, 6.45) is 1.59. The maximum atomic E-state index is 12.9. The van der Waals surface area contributed by atoms with E-state index < -0.39 is 0 Å². The molecule has 2 aromatic rings. The summed E-state index contributed by atoms with van der Waals surface area (Å²) in [6.45, 7) is 9.37. The van der Waals surface area contributed by atoms with E-state index in [4.69, 9.17) is 9.15 Å². The maximum absolute atomic E-state index is 12.9. The van der Waals surface area contributed by atoms with Gasteiger partial charge in [0.05, 0.1) is 19.1 Å². The van der Waals surface area contributed by atoms with E-state index in [-0.39, 0.29) is 17.9 Å². The fourth-order valence-corrected chi connectivity index (χ4v) is 3.30. The van der Waals surface area contributed by atoms with Gasteiger partial charge in [-0.05, 0) is 33.3 Å². The van der Waals surface area contributed by atoms with Crippen LogP contribution < -0.4 is 0 Å². The first-order chi connectivity index (χ1) is 12.0. The lowest BCUT2D eigenvalue weighted by atomic mass is 9.99. The minimum absolute atomic E-state index is 0.0847. The van der Waals surface area contributed by atoms with Gasteiger partial charge < -0.3 is 14.1 Å². The molecule has 1 N–H and O–H groups in total. The molecule has 0 saturated carbocycles. The second-order valence-corrected chi connectivity index (χ2v) is 6.62. The van der Waals surface area contributed by atoms with Crippen LogP contribution >= 0.6 is 0 Å². The van der Waals surface area contributed by atoms with Gasteiger partial charge in [-0.3, -0.25) is 9.89 Å². The molecular weight excluding hydrogens is 320 g/mol. The Bertz CT molecular complexity index is 737. The minimum Gasteiger partial charge on any atom is -0.466 e. The number of morpholine rings is 1. The Balaban J connectivity index is 1.69. The number of aryl methyl sites for hydroxylation is 3. The Morgan fingerprint density at radius 1 is 1.48 bits per heavy atom. The smallest absolute Gasteiger partial charge is 0.230 e. The highest BCUT2D eigenvalue weighted by molar-refractivity contribution is 5.83. The van der Waals surface area contributed by atoms with E-state index in [1.807, 2.05) is 31.7 Å². The number of hydrogen-bond acceptors (Lipinski definition) is 5. The molecule has 136 valence electrons. The number of aromatic amines is 1. The van der Waals surface area contributed by atoms with Crippen molar-refractivity contribution in [3.8, 4) is 0 Å². The van der Waals surface area contributed by atoms with Crippen molar-refractivity contribution in [1.82, 2.24) is 20.1 Å². The van der Waals surface area contributed by atoms with Crippen LogP contribution in [0, 0.1) is 13.8 Å². The molecule has 2 unspecified atom stereocenters. The van der Waals surface area contributed by atoms with Crippen LogP contribution in [0.5, 0.6) is 0 Å². The first-order valence-electron chi connectivity index (χ1n) is 8.88. The monoisotopic (exact) mass is 346 g/mol. The number of H-pyrrole nitrogens is 1. The third-order valence-electron chi connectivity index (χ3n) is 4.62. The van der Waals surface area contributed by atoms with E-state index >= 15 is 0 Å². The highest BCUT2D eigenvalue weighted by Gasteiger charge is 2.31. The van der Waals surface area contributed by atoms with Crippen molar-refractivity contribution in [1.29, 1.82) is 0 Å². The van der Waals surface area contributed by atoms with Gasteiger partial charge in [-0.2, -0.15) is 5.10 Å². The van der Waals surface area contributed by atoms with E-state index in [0.29, 0.717) is 25.5 Å². The Hall–Kier alpha value is -2.15. The SMILES string of the molecule is CCCc1nc(C2CN(C(=O)C(C)c3cc(C)oc3C)CCO2)n[nH]1. The number of carbonyl (C=O) groups excluding carboxylic acids is 1. The Labute approximate surface area is 147 Å². The summed E-state index contributed by atoms with van der Waals surface area (Å²) in [4.78, 5) is 19.3. The van der Waals surface area contributed by atoms with E-state index in [2.05, 4.69) is 22.1 Å². The molecule has 1 amide bonds. The van der Waals surface area contributed by atoms with Gasteiger partial charge in [-0.1, -0.05) is 6.92 Å². The maximum Gasteiger partial charge on any atom is 0.230 e. The number of furan rings is 1. The van der Waals surface area contributed by atoms with Crippen LogP contribution in [0.1, 0.15) is 61.0 Å². The molecule has 3 rings (SSSR count). The Morgan fingerprint density at radius 2 is 2.28 bits per heavy atom. The highest BCUT2D eigenvalue weighted by atomic mass is 16.5. The molecule has 1 fully saturated rings.